The quantitative estimate of drug-likeness (QED) is 0.843. The number of rotatable bonds is 6. The third kappa shape index (κ3) is 4.67. The van der Waals surface area contributed by atoms with E-state index < -0.39 is 6.61 Å². The maximum atomic E-state index is 11.9. The zero-order chi connectivity index (χ0) is 13.5. The molecule has 0 radical (unpaired) electrons. The van der Waals surface area contributed by atoms with E-state index in [0.717, 1.165) is 5.56 Å². The average Bonchev–Trinajstić information content (AvgIpc) is 2.31. The van der Waals surface area contributed by atoms with Gasteiger partial charge in [0.05, 0.1) is 0 Å². The summed E-state index contributed by atoms with van der Waals surface area (Å²) in [7, 11) is 1.67. The number of carbonyl (C=O) groups is 1. The molecule has 18 heavy (non-hydrogen) atoms. The topological polar surface area (TPSA) is 55.6 Å². The standard InChI is InChI=1S/C12H16F2N2O2/c1-16(11(17)6-7-15)8-9-2-4-10(5-3-9)18-12(13)14/h2-5,12H,6-8,15H2,1H3. The molecule has 0 atom stereocenters. The molecule has 0 aliphatic heterocycles. The number of amides is 1. The van der Waals surface area contributed by atoms with Crippen LogP contribution >= 0.6 is 0 Å². The van der Waals surface area contributed by atoms with Crippen molar-refractivity contribution < 1.29 is 18.3 Å². The minimum absolute atomic E-state index is 0.0505. The Morgan fingerprint density at radius 3 is 2.50 bits per heavy atom. The molecule has 0 unspecified atom stereocenters. The molecule has 100 valence electrons. The van der Waals surface area contributed by atoms with E-state index >= 15 is 0 Å². The lowest BCUT2D eigenvalue weighted by atomic mass is 10.2. The molecule has 0 saturated carbocycles. The van der Waals surface area contributed by atoms with Gasteiger partial charge in [-0.05, 0) is 17.7 Å². The molecule has 1 aromatic rings. The Morgan fingerprint density at radius 1 is 1.39 bits per heavy atom. The zero-order valence-corrected chi connectivity index (χ0v) is 10.1. The molecule has 0 aliphatic carbocycles. The number of hydrogen-bond acceptors (Lipinski definition) is 3. The van der Waals surface area contributed by atoms with Gasteiger partial charge in [0, 0.05) is 26.6 Å². The van der Waals surface area contributed by atoms with Crippen LogP contribution in [0.15, 0.2) is 24.3 Å². The van der Waals surface area contributed by atoms with Crippen molar-refractivity contribution in [3.05, 3.63) is 29.8 Å². The second kappa shape index (κ2) is 6.90. The summed E-state index contributed by atoms with van der Waals surface area (Å²) in [6.07, 6.45) is 0.295. The number of ether oxygens (including phenoxy) is 1. The van der Waals surface area contributed by atoms with Crippen LogP contribution in [0, 0.1) is 0 Å². The summed E-state index contributed by atoms with van der Waals surface area (Å²) in [5, 5.41) is 0. The molecule has 4 nitrogen and oxygen atoms in total. The normalized spacial score (nSPS) is 10.5. The van der Waals surface area contributed by atoms with E-state index in [1.54, 1.807) is 19.2 Å². The summed E-state index contributed by atoms with van der Waals surface area (Å²) in [5.41, 5.74) is 6.13. The van der Waals surface area contributed by atoms with Crippen LogP contribution in [0.1, 0.15) is 12.0 Å². The Bertz CT molecular complexity index is 382. The Kier molecular flexibility index (Phi) is 5.51. The van der Waals surface area contributed by atoms with Gasteiger partial charge in [0.25, 0.3) is 0 Å². The zero-order valence-electron chi connectivity index (χ0n) is 10.1. The van der Waals surface area contributed by atoms with Crippen molar-refractivity contribution in [3.63, 3.8) is 0 Å². The number of alkyl halides is 2. The van der Waals surface area contributed by atoms with E-state index in [2.05, 4.69) is 4.74 Å². The summed E-state index contributed by atoms with van der Waals surface area (Å²) < 4.78 is 28.1. The van der Waals surface area contributed by atoms with Crippen LogP contribution in [0.4, 0.5) is 8.78 Å². The second-order valence-corrected chi connectivity index (χ2v) is 3.81. The predicted molar refractivity (Wildman–Crippen MR) is 63.2 cm³/mol. The van der Waals surface area contributed by atoms with Crippen molar-refractivity contribution in [1.29, 1.82) is 0 Å². The summed E-state index contributed by atoms with van der Waals surface area (Å²) in [6.45, 7) is -2.11. The third-order valence-electron chi connectivity index (χ3n) is 2.35. The van der Waals surface area contributed by atoms with Crippen molar-refractivity contribution >= 4 is 5.91 Å². The Hall–Kier alpha value is -1.69. The molecular formula is C12H16F2N2O2. The molecule has 0 aromatic heterocycles. The molecule has 1 rings (SSSR count). The maximum Gasteiger partial charge on any atom is 0.387 e. The van der Waals surface area contributed by atoms with E-state index in [4.69, 9.17) is 5.73 Å². The van der Waals surface area contributed by atoms with Gasteiger partial charge < -0.3 is 15.4 Å². The van der Waals surface area contributed by atoms with Crippen LogP contribution in [0.3, 0.4) is 0 Å². The molecule has 0 saturated heterocycles. The van der Waals surface area contributed by atoms with E-state index in [0.29, 0.717) is 19.5 Å². The maximum absolute atomic E-state index is 11.9. The molecule has 0 aliphatic rings. The monoisotopic (exact) mass is 258 g/mol. The molecule has 2 N–H and O–H groups in total. The van der Waals surface area contributed by atoms with Crippen molar-refractivity contribution in [3.8, 4) is 5.75 Å². The summed E-state index contributed by atoms with van der Waals surface area (Å²) in [5.74, 6) is 0.0510. The van der Waals surface area contributed by atoms with Crippen molar-refractivity contribution in [2.24, 2.45) is 5.73 Å². The Labute approximate surface area is 104 Å². The van der Waals surface area contributed by atoms with E-state index in [1.807, 2.05) is 0 Å². The van der Waals surface area contributed by atoms with Gasteiger partial charge in [0.1, 0.15) is 5.75 Å². The first-order valence-electron chi connectivity index (χ1n) is 5.50. The van der Waals surface area contributed by atoms with Gasteiger partial charge in [-0.1, -0.05) is 12.1 Å². The van der Waals surface area contributed by atoms with Crippen molar-refractivity contribution in [1.82, 2.24) is 4.90 Å². The lowest BCUT2D eigenvalue weighted by Gasteiger charge is -2.17. The number of nitrogens with zero attached hydrogens (tertiary/aromatic N) is 1. The Morgan fingerprint density at radius 2 is 2.00 bits per heavy atom. The molecule has 1 aromatic carbocycles. The van der Waals surface area contributed by atoms with Gasteiger partial charge in [0.15, 0.2) is 0 Å². The number of carbonyl (C=O) groups excluding carboxylic acids is 1. The van der Waals surface area contributed by atoms with Gasteiger partial charge in [-0.25, -0.2) is 0 Å². The SMILES string of the molecule is CN(Cc1ccc(OC(F)F)cc1)C(=O)CCN. The fraction of sp³-hybridized carbons (Fsp3) is 0.417. The average molecular weight is 258 g/mol. The fourth-order valence-corrected chi connectivity index (χ4v) is 1.45. The van der Waals surface area contributed by atoms with Crippen LogP contribution in [0.2, 0.25) is 0 Å². The van der Waals surface area contributed by atoms with Crippen LogP contribution < -0.4 is 10.5 Å². The third-order valence-corrected chi connectivity index (χ3v) is 2.35. The highest BCUT2D eigenvalue weighted by molar-refractivity contribution is 5.76. The highest BCUT2D eigenvalue weighted by Gasteiger charge is 2.08. The van der Waals surface area contributed by atoms with E-state index in [1.165, 1.54) is 17.0 Å². The lowest BCUT2D eigenvalue weighted by Crippen LogP contribution is -2.27. The first-order chi connectivity index (χ1) is 8.52. The smallest absolute Gasteiger partial charge is 0.387 e. The second-order valence-electron chi connectivity index (χ2n) is 3.81. The minimum atomic E-state index is -2.83. The van der Waals surface area contributed by atoms with Crippen molar-refractivity contribution in [2.45, 2.75) is 19.6 Å². The summed E-state index contributed by atoms with van der Waals surface area (Å²) >= 11 is 0. The first kappa shape index (κ1) is 14.4. The molecule has 0 heterocycles. The van der Waals surface area contributed by atoms with Gasteiger partial charge >= 0.3 is 6.61 Å². The van der Waals surface area contributed by atoms with Gasteiger partial charge in [-0.2, -0.15) is 8.78 Å². The molecule has 0 spiro atoms. The lowest BCUT2D eigenvalue weighted by molar-refractivity contribution is -0.130. The summed E-state index contributed by atoms with van der Waals surface area (Å²) in [4.78, 5) is 13.0. The van der Waals surface area contributed by atoms with Gasteiger partial charge in [0.2, 0.25) is 5.91 Å². The predicted octanol–water partition coefficient (Wildman–Crippen LogP) is 1.60. The molecule has 1 amide bonds. The molecule has 6 heteroatoms. The highest BCUT2D eigenvalue weighted by atomic mass is 19.3. The molecular weight excluding hydrogens is 242 g/mol. The fourth-order valence-electron chi connectivity index (χ4n) is 1.45. The van der Waals surface area contributed by atoms with Crippen LogP contribution in [0.5, 0.6) is 5.75 Å². The largest absolute Gasteiger partial charge is 0.435 e. The number of halogens is 2. The van der Waals surface area contributed by atoms with E-state index in [9.17, 15) is 13.6 Å². The Balaban J connectivity index is 2.55. The van der Waals surface area contributed by atoms with Crippen LogP contribution in [-0.4, -0.2) is 31.0 Å². The minimum Gasteiger partial charge on any atom is -0.435 e. The van der Waals surface area contributed by atoms with E-state index in [-0.39, 0.29) is 11.7 Å². The van der Waals surface area contributed by atoms with Gasteiger partial charge in [-0.15, -0.1) is 0 Å². The van der Waals surface area contributed by atoms with Crippen molar-refractivity contribution in [2.75, 3.05) is 13.6 Å². The first-order valence-corrected chi connectivity index (χ1v) is 5.50. The number of benzene rings is 1. The van der Waals surface area contributed by atoms with Gasteiger partial charge in [-0.3, -0.25) is 4.79 Å². The van der Waals surface area contributed by atoms with Crippen LogP contribution in [0.25, 0.3) is 0 Å². The number of nitrogens with two attached hydrogens (primary N) is 1. The number of hydrogen-bond donors (Lipinski definition) is 1. The molecule has 0 bridgehead atoms. The summed E-state index contributed by atoms with van der Waals surface area (Å²) in [6, 6.07) is 6.18. The highest BCUT2D eigenvalue weighted by Crippen LogP contribution is 2.15. The van der Waals surface area contributed by atoms with Crippen LogP contribution in [-0.2, 0) is 11.3 Å². The molecule has 0 fully saturated rings.